The first-order chi connectivity index (χ1) is 8.06. The van der Waals surface area contributed by atoms with Gasteiger partial charge in [0.1, 0.15) is 0 Å². The lowest BCUT2D eigenvalue weighted by molar-refractivity contribution is -0.255. The lowest BCUT2D eigenvalue weighted by Crippen LogP contribution is -2.25. The van der Waals surface area contributed by atoms with E-state index >= 15 is 0 Å². The van der Waals surface area contributed by atoms with Gasteiger partial charge in [-0.25, -0.2) is 0 Å². The maximum Gasteiger partial charge on any atom is 0.286 e. The molecule has 0 aliphatic carbocycles. The molecule has 1 aromatic carbocycles. The van der Waals surface area contributed by atoms with E-state index in [1.54, 1.807) is 12.1 Å². The quantitative estimate of drug-likeness (QED) is 0.812. The van der Waals surface area contributed by atoms with Crippen LogP contribution in [0.1, 0.15) is 15.9 Å². The average molecular weight is 250 g/mol. The van der Waals surface area contributed by atoms with Crippen molar-refractivity contribution in [2.45, 2.75) is 11.7 Å². The minimum Gasteiger partial charge on any atom is -0.545 e. The van der Waals surface area contributed by atoms with Crippen molar-refractivity contribution in [3.8, 4) is 0 Å². The summed E-state index contributed by atoms with van der Waals surface area (Å²) in [5.74, 6) is -1.54. The first-order valence-electron chi connectivity index (χ1n) is 4.88. The Hall–Kier alpha value is -1.82. The van der Waals surface area contributed by atoms with Gasteiger partial charge in [-0.15, -0.1) is 0 Å². The van der Waals surface area contributed by atoms with Crippen LogP contribution in [0.15, 0.2) is 24.3 Å². The summed E-state index contributed by atoms with van der Waals surface area (Å²) in [4.78, 5) is 32.8. The Kier molecular flexibility index (Phi) is 3.14. The van der Waals surface area contributed by atoms with Crippen molar-refractivity contribution in [2.24, 2.45) is 0 Å². The van der Waals surface area contributed by atoms with E-state index in [4.69, 9.17) is 0 Å². The topological polar surface area (TPSA) is 86.3 Å². The molecule has 2 rings (SSSR count). The van der Waals surface area contributed by atoms with Crippen molar-refractivity contribution in [2.75, 3.05) is 0 Å². The number of carboxylic acid groups (broad SMARTS) is 1. The number of hydrogen-bond donors (Lipinski definition) is 1. The lowest BCUT2D eigenvalue weighted by atomic mass is 10.1. The second-order valence-corrected chi connectivity index (χ2v) is 4.75. The lowest BCUT2D eigenvalue weighted by Gasteiger charge is -2.07. The van der Waals surface area contributed by atoms with Crippen LogP contribution in [0, 0.1) is 0 Å². The highest BCUT2D eigenvalue weighted by molar-refractivity contribution is 8.15. The van der Waals surface area contributed by atoms with Crippen LogP contribution in [-0.2, 0) is 11.2 Å². The molecule has 1 aliphatic rings. The SMILES string of the molecule is O=C1NC(=O)C(Cc2ccc(C(=O)[O-])cc2)S1. The summed E-state index contributed by atoms with van der Waals surface area (Å²) in [5.41, 5.74) is 0.894. The zero-order chi connectivity index (χ0) is 12.4. The minimum absolute atomic E-state index is 0.0911. The van der Waals surface area contributed by atoms with Crippen molar-refractivity contribution >= 4 is 28.9 Å². The molecule has 1 saturated heterocycles. The Morgan fingerprint density at radius 3 is 2.41 bits per heavy atom. The van der Waals surface area contributed by atoms with Crippen LogP contribution < -0.4 is 10.4 Å². The number of imide groups is 1. The van der Waals surface area contributed by atoms with E-state index in [1.807, 2.05) is 0 Å². The molecule has 2 amide bonds. The van der Waals surface area contributed by atoms with E-state index in [-0.39, 0.29) is 16.7 Å². The van der Waals surface area contributed by atoms with Crippen LogP contribution in [0.4, 0.5) is 4.79 Å². The van der Waals surface area contributed by atoms with E-state index in [2.05, 4.69) is 5.32 Å². The number of amides is 2. The molecule has 0 aromatic heterocycles. The van der Waals surface area contributed by atoms with Gasteiger partial charge in [-0.2, -0.15) is 0 Å². The Labute approximate surface area is 101 Å². The molecule has 1 atom stereocenters. The van der Waals surface area contributed by atoms with E-state index < -0.39 is 11.2 Å². The predicted molar refractivity (Wildman–Crippen MR) is 59.4 cm³/mol. The van der Waals surface area contributed by atoms with Gasteiger partial charge < -0.3 is 9.90 Å². The van der Waals surface area contributed by atoms with Gasteiger partial charge in [0.05, 0.1) is 11.2 Å². The Morgan fingerprint density at radius 2 is 1.94 bits per heavy atom. The van der Waals surface area contributed by atoms with Gasteiger partial charge in [-0.3, -0.25) is 14.9 Å². The predicted octanol–water partition coefficient (Wildman–Crippen LogP) is -0.0558. The number of thioether (sulfide) groups is 1. The van der Waals surface area contributed by atoms with Crippen LogP contribution in [0.3, 0.4) is 0 Å². The van der Waals surface area contributed by atoms with E-state index in [1.165, 1.54) is 12.1 Å². The fourth-order valence-corrected chi connectivity index (χ4v) is 2.38. The van der Waals surface area contributed by atoms with Crippen molar-refractivity contribution in [1.82, 2.24) is 5.32 Å². The van der Waals surface area contributed by atoms with Gasteiger partial charge in [0, 0.05) is 0 Å². The zero-order valence-corrected chi connectivity index (χ0v) is 9.45. The molecule has 0 radical (unpaired) electrons. The Balaban J connectivity index is 2.07. The van der Waals surface area contributed by atoms with Crippen molar-refractivity contribution < 1.29 is 19.5 Å². The third kappa shape index (κ3) is 2.65. The van der Waals surface area contributed by atoms with Gasteiger partial charge >= 0.3 is 0 Å². The summed E-state index contributed by atoms with van der Waals surface area (Å²) in [6.45, 7) is 0. The molecule has 88 valence electrons. The molecule has 6 heteroatoms. The first kappa shape index (κ1) is 11.7. The van der Waals surface area contributed by atoms with Crippen LogP contribution >= 0.6 is 11.8 Å². The molecule has 0 spiro atoms. The third-order valence-corrected chi connectivity index (χ3v) is 3.36. The Morgan fingerprint density at radius 1 is 1.29 bits per heavy atom. The van der Waals surface area contributed by atoms with Crippen molar-refractivity contribution in [1.29, 1.82) is 0 Å². The van der Waals surface area contributed by atoms with E-state index in [0.29, 0.717) is 6.42 Å². The monoisotopic (exact) mass is 250 g/mol. The molecule has 5 nitrogen and oxygen atoms in total. The fraction of sp³-hybridized carbons (Fsp3) is 0.182. The molecule has 0 saturated carbocycles. The second-order valence-electron chi connectivity index (χ2n) is 3.57. The summed E-state index contributed by atoms with van der Waals surface area (Å²) >= 11 is 0.951. The first-order valence-corrected chi connectivity index (χ1v) is 5.76. The largest absolute Gasteiger partial charge is 0.545 e. The summed E-state index contributed by atoms with van der Waals surface area (Å²) in [5, 5.41) is 12.0. The standard InChI is InChI=1S/C11H9NO4S/c13-9-8(17-11(16)12-9)5-6-1-3-7(4-2-6)10(14)15/h1-4,8H,5H2,(H,14,15)(H,12,13,16)/p-1. The van der Waals surface area contributed by atoms with Gasteiger partial charge in [0.15, 0.2) is 0 Å². The summed E-state index contributed by atoms with van der Waals surface area (Å²) in [7, 11) is 0. The van der Waals surface area contributed by atoms with Gasteiger partial charge in [-0.05, 0) is 17.5 Å². The van der Waals surface area contributed by atoms with E-state index in [9.17, 15) is 19.5 Å². The van der Waals surface area contributed by atoms with E-state index in [0.717, 1.165) is 17.3 Å². The maximum absolute atomic E-state index is 11.3. The number of aromatic carboxylic acids is 1. The summed E-state index contributed by atoms with van der Waals surface area (Å²) in [6.07, 6.45) is 0.398. The number of carbonyl (C=O) groups is 3. The minimum atomic E-state index is -1.24. The third-order valence-electron chi connectivity index (χ3n) is 2.38. The number of carbonyl (C=O) groups excluding carboxylic acids is 3. The summed E-state index contributed by atoms with van der Waals surface area (Å²) in [6, 6.07) is 6.07. The molecule has 1 aromatic rings. The summed E-state index contributed by atoms with van der Waals surface area (Å²) < 4.78 is 0. The highest BCUT2D eigenvalue weighted by atomic mass is 32.2. The molecule has 1 heterocycles. The number of rotatable bonds is 3. The zero-order valence-electron chi connectivity index (χ0n) is 8.64. The van der Waals surface area contributed by atoms with Crippen LogP contribution in [0.5, 0.6) is 0 Å². The number of carboxylic acids is 1. The number of benzene rings is 1. The molecule has 1 N–H and O–H groups in total. The molecule has 1 aliphatic heterocycles. The molecular weight excluding hydrogens is 242 g/mol. The smallest absolute Gasteiger partial charge is 0.286 e. The molecule has 1 fully saturated rings. The number of nitrogens with one attached hydrogen (secondary N) is 1. The number of hydrogen-bond acceptors (Lipinski definition) is 5. The molecule has 17 heavy (non-hydrogen) atoms. The van der Waals surface area contributed by atoms with Gasteiger partial charge in [0.25, 0.3) is 5.24 Å². The molecule has 0 bridgehead atoms. The van der Waals surface area contributed by atoms with Crippen molar-refractivity contribution in [3.05, 3.63) is 35.4 Å². The average Bonchev–Trinajstić information content (AvgIpc) is 2.58. The second kappa shape index (κ2) is 4.58. The highest BCUT2D eigenvalue weighted by Crippen LogP contribution is 2.22. The Bertz CT molecular complexity index is 483. The van der Waals surface area contributed by atoms with Crippen LogP contribution in [0.25, 0.3) is 0 Å². The van der Waals surface area contributed by atoms with Gasteiger partial charge in [0.2, 0.25) is 5.91 Å². The fourth-order valence-electron chi connectivity index (χ4n) is 1.52. The van der Waals surface area contributed by atoms with Crippen LogP contribution in [-0.4, -0.2) is 22.4 Å². The molecule has 1 unspecified atom stereocenters. The molecular formula is C11H8NO4S-. The van der Waals surface area contributed by atoms with Crippen LogP contribution in [0.2, 0.25) is 0 Å². The van der Waals surface area contributed by atoms with Gasteiger partial charge in [-0.1, -0.05) is 36.0 Å². The highest BCUT2D eigenvalue weighted by Gasteiger charge is 2.31. The normalized spacial score (nSPS) is 19.2. The maximum atomic E-state index is 11.3. The van der Waals surface area contributed by atoms with Crippen molar-refractivity contribution in [3.63, 3.8) is 0 Å².